The molecule has 1 aromatic heterocycles. The first-order chi connectivity index (χ1) is 10.1. The summed E-state index contributed by atoms with van der Waals surface area (Å²) in [6.07, 6.45) is 1.51. The Hall–Kier alpha value is -2.89. The summed E-state index contributed by atoms with van der Waals surface area (Å²) in [4.78, 5) is 36.2. The van der Waals surface area contributed by atoms with E-state index >= 15 is 0 Å². The van der Waals surface area contributed by atoms with E-state index in [4.69, 9.17) is 4.42 Å². The molecule has 2 heterocycles. The van der Waals surface area contributed by atoms with E-state index < -0.39 is 23.3 Å². The zero-order valence-corrected chi connectivity index (χ0v) is 11.0. The van der Waals surface area contributed by atoms with E-state index in [0.717, 1.165) is 0 Å². The third-order valence-electron chi connectivity index (χ3n) is 3.52. The van der Waals surface area contributed by atoms with Gasteiger partial charge in [-0.1, -0.05) is 30.3 Å². The summed E-state index contributed by atoms with van der Waals surface area (Å²) >= 11 is 0. The number of imide groups is 2. The van der Waals surface area contributed by atoms with Crippen LogP contribution in [0.4, 0.5) is 4.79 Å². The van der Waals surface area contributed by atoms with Crippen LogP contribution in [0, 0.1) is 0 Å². The van der Waals surface area contributed by atoms with Gasteiger partial charge in [0.1, 0.15) is 5.76 Å². The zero-order valence-electron chi connectivity index (χ0n) is 11.0. The van der Waals surface area contributed by atoms with E-state index in [2.05, 4.69) is 10.6 Å². The summed E-state index contributed by atoms with van der Waals surface area (Å²) in [6, 6.07) is 11.2. The summed E-state index contributed by atoms with van der Waals surface area (Å²) < 4.78 is 5.26. The van der Waals surface area contributed by atoms with E-state index in [-0.39, 0.29) is 6.42 Å². The van der Waals surface area contributed by atoms with Crippen molar-refractivity contribution >= 4 is 17.8 Å². The first kappa shape index (κ1) is 13.1. The second kappa shape index (κ2) is 4.90. The van der Waals surface area contributed by atoms with Crippen LogP contribution in [0.15, 0.2) is 53.1 Å². The van der Waals surface area contributed by atoms with Gasteiger partial charge in [0, 0.05) is 6.42 Å². The standard InChI is InChI=1S/C15H12N2O4/c18-12-15(9-11-7-4-8-21-11,10-5-2-1-3-6-10)13(19)17-14(20)16-12/h1-8H,9H2,(H2,16,17,18,19,20). The van der Waals surface area contributed by atoms with Gasteiger partial charge >= 0.3 is 6.03 Å². The molecule has 1 aliphatic heterocycles. The molecule has 0 aliphatic carbocycles. The number of nitrogens with one attached hydrogen (secondary N) is 2. The van der Waals surface area contributed by atoms with Crippen LogP contribution in [0.2, 0.25) is 0 Å². The van der Waals surface area contributed by atoms with Crippen LogP contribution in [0.1, 0.15) is 11.3 Å². The molecule has 1 aliphatic rings. The Balaban J connectivity index is 2.12. The molecule has 0 atom stereocenters. The maximum absolute atomic E-state index is 12.4. The number of carbonyl (C=O) groups is 3. The Morgan fingerprint density at radius 1 is 0.905 bits per heavy atom. The van der Waals surface area contributed by atoms with Gasteiger partial charge in [0.15, 0.2) is 5.41 Å². The van der Waals surface area contributed by atoms with E-state index in [1.54, 1.807) is 42.5 Å². The van der Waals surface area contributed by atoms with Crippen molar-refractivity contribution in [3.8, 4) is 0 Å². The van der Waals surface area contributed by atoms with Gasteiger partial charge in [-0.25, -0.2) is 4.79 Å². The van der Waals surface area contributed by atoms with Crippen molar-refractivity contribution in [2.45, 2.75) is 11.8 Å². The predicted molar refractivity (Wildman–Crippen MR) is 72.2 cm³/mol. The van der Waals surface area contributed by atoms with Crippen LogP contribution < -0.4 is 10.6 Å². The molecule has 1 saturated heterocycles. The van der Waals surface area contributed by atoms with Crippen LogP contribution in [-0.4, -0.2) is 17.8 Å². The van der Waals surface area contributed by atoms with Crippen molar-refractivity contribution in [1.29, 1.82) is 0 Å². The van der Waals surface area contributed by atoms with E-state index in [9.17, 15) is 14.4 Å². The minimum atomic E-state index is -1.52. The van der Waals surface area contributed by atoms with Gasteiger partial charge < -0.3 is 4.42 Å². The normalized spacial score (nSPS) is 17.2. The lowest BCUT2D eigenvalue weighted by molar-refractivity contribution is -0.138. The van der Waals surface area contributed by atoms with Crippen molar-refractivity contribution in [2.75, 3.05) is 0 Å². The second-order valence-electron chi connectivity index (χ2n) is 4.76. The van der Waals surface area contributed by atoms with Gasteiger partial charge in [0.05, 0.1) is 6.26 Å². The molecule has 0 unspecified atom stereocenters. The maximum Gasteiger partial charge on any atom is 0.328 e. The van der Waals surface area contributed by atoms with E-state index in [1.165, 1.54) is 6.26 Å². The van der Waals surface area contributed by atoms with Crippen LogP contribution in [0.25, 0.3) is 0 Å². The lowest BCUT2D eigenvalue weighted by Crippen LogP contribution is -2.65. The first-order valence-electron chi connectivity index (χ1n) is 6.38. The second-order valence-corrected chi connectivity index (χ2v) is 4.76. The number of benzene rings is 1. The number of amides is 4. The highest BCUT2D eigenvalue weighted by molar-refractivity contribution is 6.23. The molecule has 3 rings (SSSR count). The largest absolute Gasteiger partial charge is 0.469 e. The van der Waals surface area contributed by atoms with Gasteiger partial charge in [-0.2, -0.15) is 0 Å². The average Bonchev–Trinajstić information content (AvgIpc) is 2.96. The molecule has 0 bridgehead atoms. The Bertz CT molecular complexity index is 672. The van der Waals surface area contributed by atoms with Crippen molar-refractivity contribution in [3.63, 3.8) is 0 Å². The molecule has 2 N–H and O–H groups in total. The minimum absolute atomic E-state index is 0.0367. The van der Waals surface area contributed by atoms with Gasteiger partial charge in [0.25, 0.3) is 0 Å². The number of rotatable bonds is 3. The highest BCUT2D eigenvalue weighted by Gasteiger charge is 2.52. The van der Waals surface area contributed by atoms with Crippen molar-refractivity contribution in [1.82, 2.24) is 10.6 Å². The molecule has 2 aromatic rings. The summed E-state index contributed by atoms with van der Waals surface area (Å²) in [5.41, 5.74) is -1.02. The molecular formula is C15H12N2O4. The number of furan rings is 1. The average molecular weight is 284 g/mol. The Morgan fingerprint density at radius 3 is 2.14 bits per heavy atom. The Labute approximate surface area is 120 Å². The SMILES string of the molecule is O=C1NC(=O)C(Cc2ccco2)(c2ccccc2)C(=O)N1. The molecule has 1 aromatic carbocycles. The van der Waals surface area contributed by atoms with Crippen molar-refractivity contribution < 1.29 is 18.8 Å². The minimum Gasteiger partial charge on any atom is -0.469 e. The molecule has 0 saturated carbocycles. The monoisotopic (exact) mass is 284 g/mol. The smallest absolute Gasteiger partial charge is 0.328 e. The molecule has 4 amide bonds. The molecule has 106 valence electrons. The van der Waals surface area contributed by atoms with Crippen molar-refractivity contribution in [3.05, 3.63) is 60.1 Å². The molecule has 6 nitrogen and oxygen atoms in total. The number of urea groups is 1. The molecular weight excluding hydrogens is 272 g/mol. The van der Waals surface area contributed by atoms with Crippen LogP contribution in [0.3, 0.4) is 0 Å². The predicted octanol–water partition coefficient (Wildman–Crippen LogP) is 1.13. The molecule has 1 fully saturated rings. The Kier molecular flexibility index (Phi) is 3.06. The topological polar surface area (TPSA) is 88.4 Å². The van der Waals surface area contributed by atoms with Gasteiger partial charge in [0.2, 0.25) is 11.8 Å². The molecule has 0 spiro atoms. The number of barbiturate groups is 1. The lowest BCUT2D eigenvalue weighted by atomic mass is 9.74. The summed E-state index contributed by atoms with van der Waals surface area (Å²) in [5.74, 6) is -0.823. The van der Waals surface area contributed by atoms with E-state index in [0.29, 0.717) is 11.3 Å². The quantitative estimate of drug-likeness (QED) is 0.827. The van der Waals surface area contributed by atoms with Crippen molar-refractivity contribution in [2.24, 2.45) is 0 Å². The highest BCUT2D eigenvalue weighted by atomic mass is 16.3. The summed E-state index contributed by atoms with van der Waals surface area (Å²) in [7, 11) is 0. The lowest BCUT2D eigenvalue weighted by Gasteiger charge is -2.33. The zero-order chi connectivity index (χ0) is 14.9. The highest BCUT2D eigenvalue weighted by Crippen LogP contribution is 2.31. The Morgan fingerprint density at radius 2 is 1.57 bits per heavy atom. The fourth-order valence-electron chi connectivity index (χ4n) is 2.48. The fraction of sp³-hybridized carbons (Fsp3) is 0.133. The van der Waals surface area contributed by atoms with Crippen LogP contribution in [-0.2, 0) is 21.4 Å². The van der Waals surface area contributed by atoms with Gasteiger partial charge in [-0.05, 0) is 17.7 Å². The summed E-state index contributed by atoms with van der Waals surface area (Å²) in [5, 5.41) is 4.32. The van der Waals surface area contributed by atoms with E-state index in [1.807, 2.05) is 0 Å². The molecule has 21 heavy (non-hydrogen) atoms. The fourth-order valence-corrected chi connectivity index (χ4v) is 2.48. The third-order valence-corrected chi connectivity index (χ3v) is 3.52. The van der Waals surface area contributed by atoms with Gasteiger partial charge in [-0.15, -0.1) is 0 Å². The number of hydrogen-bond acceptors (Lipinski definition) is 4. The number of hydrogen-bond donors (Lipinski definition) is 2. The maximum atomic E-state index is 12.4. The van der Waals surface area contributed by atoms with Crippen LogP contribution >= 0.6 is 0 Å². The molecule has 6 heteroatoms. The first-order valence-corrected chi connectivity index (χ1v) is 6.38. The van der Waals surface area contributed by atoms with Crippen LogP contribution in [0.5, 0.6) is 0 Å². The van der Waals surface area contributed by atoms with Gasteiger partial charge in [-0.3, -0.25) is 20.2 Å². The summed E-state index contributed by atoms with van der Waals surface area (Å²) in [6.45, 7) is 0. The number of carbonyl (C=O) groups excluding carboxylic acids is 3. The molecule has 0 radical (unpaired) electrons. The third kappa shape index (κ3) is 2.10.